The van der Waals surface area contributed by atoms with Crippen LogP contribution in [0.4, 0.5) is 0 Å². The van der Waals surface area contributed by atoms with E-state index in [0.29, 0.717) is 26.0 Å². The van der Waals surface area contributed by atoms with Crippen LogP contribution in [0.15, 0.2) is 16.6 Å². The topological polar surface area (TPSA) is 62.1 Å². The number of amides is 1. The minimum Gasteiger partial charge on any atom is -0.493 e. The van der Waals surface area contributed by atoms with Gasteiger partial charge in [0.05, 0.1) is 12.7 Å². The van der Waals surface area contributed by atoms with E-state index in [4.69, 9.17) is 4.74 Å². The third kappa shape index (κ3) is 3.06. The van der Waals surface area contributed by atoms with Gasteiger partial charge in [-0.15, -0.1) is 0 Å². The Morgan fingerprint density at radius 1 is 1.48 bits per heavy atom. The fourth-order valence-electron chi connectivity index (χ4n) is 2.60. The Balaban J connectivity index is 2.14. The minimum atomic E-state index is -0.934. The summed E-state index contributed by atoms with van der Waals surface area (Å²) >= 11 is 3.48. The first kappa shape index (κ1) is 15.8. The van der Waals surface area contributed by atoms with Gasteiger partial charge < -0.3 is 10.1 Å². The number of carbonyl (C=O) groups is 1. The molecule has 0 aliphatic carbocycles. The molecule has 5 heteroatoms. The molecule has 1 heterocycles. The van der Waals surface area contributed by atoms with Crippen molar-refractivity contribution in [2.45, 2.75) is 39.7 Å². The number of nitrogens with zero attached hydrogens (tertiary/aromatic N) is 1. The molecule has 0 bridgehead atoms. The van der Waals surface area contributed by atoms with Crippen molar-refractivity contribution in [1.82, 2.24) is 5.32 Å². The molecule has 1 aromatic rings. The normalized spacial score (nSPS) is 13.2. The molecule has 112 valence electrons. The summed E-state index contributed by atoms with van der Waals surface area (Å²) in [6.07, 6.45) is 1.92. The molecule has 0 unspecified atom stereocenters. The first-order valence-corrected chi connectivity index (χ1v) is 7.99. The van der Waals surface area contributed by atoms with Gasteiger partial charge in [0.2, 0.25) is 5.91 Å². The van der Waals surface area contributed by atoms with Crippen LogP contribution in [0, 0.1) is 16.7 Å². The lowest BCUT2D eigenvalue weighted by Gasteiger charge is -2.22. The Labute approximate surface area is 133 Å². The summed E-state index contributed by atoms with van der Waals surface area (Å²) in [5.74, 6) is 0.663. The van der Waals surface area contributed by atoms with Crippen molar-refractivity contribution < 1.29 is 9.53 Å². The second-order valence-corrected chi connectivity index (χ2v) is 6.15. The van der Waals surface area contributed by atoms with Crippen LogP contribution < -0.4 is 10.1 Å². The maximum atomic E-state index is 12.3. The highest BCUT2D eigenvalue weighted by Gasteiger charge is 2.34. The smallest absolute Gasteiger partial charge is 0.240 e. The molecule has 0 saturated carbocycles. The quantitative estimate of drug-likeness (QED) is 0.885. The van der Waals surface area contributed by atoms with Gasteiger partial charge in [0, 0.05) is 23.0 Å². The van der Waals surface area contributed by atoms with Crippen molar-refractivity contribution in [1.29, 1.82) is 5.26 Å². The predicted molar refractivity (Wildman–Crippen MR) is 83.8 cm³/mol. The maximum Gasteiger partial charge on any atom is 0.240 e. The van der Waals surface area contributed by atoms with Crippen molar-refractivity contribution >= 4 is 21.8 Å². The first-order valence-electron chi connectivity index (χ1n) is 7.20. The number of nitrogens with one attached hydrogen (secondary N) is 1. The van der Waals surface area contributed by atoms with E-state index in [1.165, 1.54) is 0 Å². The van der Waals surface area contributed by atoms with E-state index in [9.17, 15) is 10.1 Å². The number of nitriles is 1. The van der Waals surface area contributed by atoms with Gasteiger partial charge in [-0.25, -0.2) is 0 Å². The lowest BCUT2D eigenvalue weighted by molar-refractivity contribution is -0.128. The standard InChI is InChI=1S/C16H19BrN2O2/c1-3-16(4-2,10-18)15(20)19-9-12-8-13(17)7-11-5-6-21-14(11)12/h7-8H,3-6,9H2,1-2H3,(H,19,20). The van der Waals surface area contributed by atoms with Gasteiger partial charge in [0.1, 0.15) is 11.2 Å². The van der Waals surface area contributed by atoms with Gasteiger partial charge in [0.25, 0.3) is 0 Å². The average Bonchev–Trinajstić information content (AvgIpc) is 2.95. The highest BCUT2D eigenvalue weighted by molar-refractivity contribution is 9.10. The lowest BCUT2D eigenvalue weighted by Crippen LogP contribution is -2.39. The summed E-state index contributed by atoms with van der Waals surface area (Å²) in [5.41, 5.74) is 1.17. The number of ether oxygens (including phenoxy) is 1. The van der Waals surface area contributed by atoms with Crippen LogP contribution in [-0.2, 0) is 17.8 Å². The van der Waals surface area contributed by atoms with Gasteiger partial charge in [0.15, 0.2) is 0 Å². The van der Waals surface area contributed by atoms with Crippen molar-refractivity contribution in [3.05, 3.63) is 27.7 Å². The summed E-state index contributed by atoms with van der Waals surface area (Å²) < 4.78 is 6.62. The Morgan fingerprint density at radius 3 is 2.81 bits per heavy atom. The molecule has 21 heavy (non-hydrogen) atoms. The summed E-state index contributed by atoms with van der Waals surface area (Å²) in [4.78, 5) is 12.3. The van der Waals surface area contributed by atoms with E-state index in [0.717, 1.165) is 27.8 Å². The number of rotatable bonds is 5. The molecule has 1 N–H and O–H groups in total. The number of halogens is 1. The molecular weight excluding hydrogens is 332 g/mol. The Morgan fingerprint density at radius 2 is 2.19 bits per heavy atom. The number of hydrogen-bond donors (Lipinski definition) is 1. The largest absolute Gasteiger partial charge is 0.493 e. The fourth-order valence-corrected chi connectivity index (χ4v) is 3.15. The first-order chi connectivity index (χ1) is 10.1. The molecule has 1 aliphatic heterocycles. The third-order valence-electron chi connectivity index (χ3n) is 4.12. The molecule has 0 aromatic heterocycles. The summed E-state index contributed by atoms with van der Waals surface area (Å²) in [7, 11) is 0. The molecule has 0 atom stereocenters. The molecule has 2 rings (SSSR count). The van der Waals surface area contributed by atoms with Gasteiger partial charge in [-0.2, -0.15) is 5.26 Å². The molecule has 1 aromatic carbocycles. The van der Waals surface area contributed by atoms with Crippen molar-refractivity contribution in [2.24, 2.45) is 5.41 Å². The Bertz CT molecular complexity index is 589. The van der Waals surface area contributed by atoms with Crippen LogP contribution >= 0.6 is 15.9 Å². The Hall–Kier alpha value is -1.54. The van der Waals surface area contributed by atoms with Crippen LogP contribution in [0.3, 0.4) is 0 Å². The average molecular weight is 351 g/mol. The van der Waals surface area contributed by atoms with Crippen molar-refractivity contribution in [3.8, 4) is 11.8 Å². The zero-order valence-corrected chi connectivity index (χ0v) is 13.9. The van der Waals surface area contributed by atoms with Crippen LogP contribution in [-0.4, -0.2) is 12.5 Å². The highest BCUT2D eigenvalue weighted by atomic mass is 79.9. The monoisotopic (exact) mass is 350 g/mol. The molecular formula is C16H19BrN2O2. The van der Waals surface area contributed by atoms with Crippen LogP contribution in [0.5, 0.6) is 5.75 Å². The van der Waals surface area contributed by atoms with Gasteiger partial charge in [-0.3, -0.25) is 4.79 Å². The lowest BCUT2D eigenvalue weighted by atomic mass is 9.83. The predicted octanol–water partition coefficient (Wildman–Crippen LogP) is 3.33. The van der Waals surface area contributed by atoms with E-state index < -0.39 is 5.41 Å². The maximum absolute atomic E-state index is 12.3. The van der Waals surface area contributed by atoms with Crippen LogP contribution in [0.1, 0.15) is 37.8 Å². The van der Waals surface area contributed by atoms with Gasteiger partial charge in [-0.1, -0.05) is 29.8 Å². The van der Waals surface area contributed by atoms with Crippen molar-refractivity contribution in [3.63, 3.8) is 0 Å². The second kappa shape index (κ2) is 6.48. The van der Waals surface area contributed by atoms with E-state index in [2.05, 4.69) is 27.3 Å². The second-order valence-electron chi connectivity index (χ2n) is 5.24. The van der Waals surface area contributed by atoms with E-state index in [1.54, 1.807) is 0 Å². The number of carbonyl (C=O) groups excluding carboxylic acids is 1. The molecule has 4 nitrogen and oxygen atoms in total. The molecule has 1 aliphatic rings. The number of hydrogen-bond acceptors (Lipinski definition) is 3. The SMILES string of the molecule is CCC(C#N)(CC)C(=O)NCc1cc(Br)cc2c1OCC2. The third-order valence-corrected chi connectivity index (χ3v) is 4.58. The number of fused-ring (bicyclic) bond motifs is 1. The molecule has 0 radical (unpaired) electrons. The number of benzene rings is 1. The molecule has 0 spiro atoms. The van der Waals surface area contributed by atoms with Crippen LogP contribution in [0.2, 0.25) is 0 Å². The Kier molecular flexibility index (Phi) is 4.89. The zero-order chi connectivity index (χ0) is 15.5. The van der Waals surface area contributed by atoms with Crippen LogP contribution in [0.25, 0.3) is 0 Å². The van der Waals surface area contributed by atoms with Crippen molar-refractivity contribution in [2.75, 3.05) is 6.61 Å². The fraction of sp³-hybridized carbons (Fsp3) is 0.500. The molecule has 0 fully saturated rings. The van der Waals surface area contributed by atoms with E-state index in [1.807, 2.05) is 26.0 Å². The summed E-state index contributed by atoms with van der Waals surface area (Å²) in [6, 6.07) is 6.16. The summed E-state index contributed by atoms with van der Waals surface area (Å²) in [5, 5.41) is 12.2. The zero-order valence-electron chi connectivity index (χ0n) is 12.3. The van der Waals surface area contributed by atoms with E-state index in [-0.39, 0.29) is 5.91 Å². The summed E-state index contributed by atoms with van der Waals surface area (Å²) in [6.45, 7) is 4.79. The molecule has 0 saturated heterocycles. The minimum absolute atomic E-state index is 0.207. The highest BCUT2D eigenvalue weighted by Crippen LogP contribution is 2.33. The molecule has 1 amide bonds. The van der Waals surface area contributed by atoms with Gasteiger partial charge in [-0.05, 0) is 30.5 Å². The van der Waals surface area contributed by atoms with E-state index >= 15 is 0 Å². The van der Waals surface area contributed by atoms with Gasteiger partial charge >= 0.3 is 0 Å².